The van der Waals surface area contributed by atoms with E-state index in [1.807, 2.05) is 31.2 Å². The zero-order chi connectivity index (χ0) is 22.6. The number of carbonyl (C=O) groups is 1. The van der Waals surface area contributed by atoms with E-state index in [0.717, 1.165) is 11.3 Å². The van der Waals surface area contributed by atoms with E-state index >= 15 is 0 Å². The topological polar surface area (TPSA) is 75.7 Å². The van der Waals surface area contributed by atoms with Crippen molar-refractivity contribution in [3.05, 3.63) is 63.6 Å². The number of amides is 1. The number of carbonyl (C=O) groups excluding carboxylic acids is 1. The molecular formula is C22H26Cl2N2O4S. The van der Waals surface area contributed by atoms with Crippen LogP contribution in [0.15, 0.2) is 42.5 Å². The third kappa shape index (κ3) is 6.13. The van der Waals surface area contributed by atoms with Gasteiger partial charge in [0.15, 0.2) is 0 Å². The number of benzene rings is 2. The summed E-state index contributed by atoms with van der Waals surface area (Å²) in [6.07, 6.45) is 1.29. The summed E-state index contributed by atoms with van der Waals surface area (Å²) in [5.74, 6) is 0.0358. The molecule has 9 heteroatoms. The number of ether oxygens (including phenoxy) is 1. The highest BCUT2D eigenvalue weighted by molar-refractivity contribution is 7.88. The highest BCUT2D eigenvalue weighted by Gasteiger charge is 2.33. The Labute approximate surface area is 193 Å². The summed E-state index contributed by atoms with van der Waals surface area (Å²) in [6.45, 7) is 2.48. The van der Waals surface area contributed by atoms with E-state index in [4.69, 9.17) is 27.9 Å². The van der Waals surface area contributed by atoms with Gasteiger partial charge in [-0.25, -0.2) is 12.7 Å². The van der Waals surface area contributed by atoms with Gasteiger partial charge in [0.05, 0.1) is 34.9 Å². The fourth-order valence-corrected chi connectivity index (χ4v) is 5.57. The predicted molar refractivity (Wildman–Crippen MR) is 123 cm³/mol. The first-order chi connectivity index (χ1) is 14.7. The van der Waals surface area contributed by atoms with Crippen LogP contribution in [0.5, 0.6) is 5.75 Å². The average Bonchev–Trinajstić information content (AvgIpc) is 2.76. The van der Waals surface area contributed by atoms with E-state index in [-0.39, 0.29) is 24.2 Å². The summed E-state index contributed by atoms with van der Waals surface area (Å²) < 4.78 is 32.4. The first kappa shape index (κ1) is 23.9. The molecule has 1 aliphatic heterocycles. The lowest BCUT2D eigenvalue weighted by Gasteiger charge is -2.32. The van der Waals surface area contributed by atoms with Crippen molar-refractivity contribution >= 4 is 39.1 Å². The summed E-state index contributed by atoms with van der Waals surface area (Å²) in [6, 6.07) is 12.1. The minimum absolute atomic E-state index is 0.141. The van der Waals surface area contributed by atoms with Gasteiger partial charge in [-0.2, -0.15) is 0 Å². The highest BCUT2D eigenvalue weighted by Crippen LogP contribution is 2.26. The molecule has 2 aromatic carbocycles. The third-order valence-corrected chi connectivity index (χ3v) is 8.01. The molecule has 0 aromatic heterocycles. The van der Waals surface area contributed by atoms with Crippen molar-refractivity contribution in [3.63, 3.8) is 0 Å². The second-order valence-corrected chi connectivity index (χ2v) is 10.5. The van der Waals surface area contributed by atoms with Gasteiger partial charge in [-0.1, -0.05) is 41.4 Å². The second kappa shape index (κ2) is 10.2. The van der Waals surface area contributed by atoms with Gasteiger partial charge in [0.2, 0.25) is 15.9 Å². The van der Waals surface area contributed by atoms with Crippen molar-refractivity contribution in [2.45, 2.75) is 31.6 Å². The predicted octanol–water partition coefficient (Wildman–Crippen LogP) is 4.42. The minimum Gasteiger partial charge on any atom is -0.497 e. The largest absolute Gasteiger partial charge is 0.497 e. The van der Waals surface area contributed by atoms with Crippen LogP contribution in [-0.4, -0.2) is 38.8 Å². The van der Waals surface area contributed by atoms with Crippen LogP contribution in [0.25, 0.3) is 0 Å². The summed E-state index contributed by atoms with van der Waals surface area (Å²) in [7, 11) is -1.98. The molecule has 168 valence electrons. The molecule has 1 fully saturated rings. The quantitative estimate of drug-likeness (QED) is 0.630. The Morgan fingerprint density at radius 3 is 2.55 bits per heavy atom. The van der Waals surface area contributed by atoms with E-state index in [0.29, 0.717) is 35.0 Å². The number of hydrogen-bond donors (Lipinski definition) is 1. The van der Waals surface area contributed by atoms with Gasteiger partial charge in [0.25, 0.3) is 0 Å². The lowest BCUT2D eigenvalue weighted by Crippen LogP contribution is -2.46. The minimum atomic E-state index is -3.58. The van der Waals surface area contributed by atoms with Crippen LogP contribution in [0.4, 0.5) is 0 Å². The first-order valence-electron chi connectivity index (χ1n) is 10.1. The summed E-state index contributed by atoms with van der Waals surface area (Å²) in [4.78, 5) is 12.8. The Morgan fingerprint density at radius 2 is 1.90 bits per heavy atom. The molecule has 31 heavy (non-hydrogen) atoms. The summed E-state index contributed by atoms with van der Waals surface area (Å²) in [5, 5.41) is 3.70. The van der Waals surface area contributed by atoms with Gasteiger partial charge in [0.1, 0.15) is 5.75 Å². The van der Waals surface area contributed by atoms with Crippen LogP contribution in [-0.2, 0) is 20.6 Å². The smallest absolute Gasteiger partial charge is 0.224 e. The maximum atomic E-state index is 12.9. The molecule has 0 spiro atoms. The lowest BCUT2D eigenvalue weighted by molar-refractivity contribution is -0.126. The van der Waals surface area contributed by atoms with Crippen LogP contribution in [0.3, 0.4) is 0 Å². The Bertz CT molecular complexity index is 1030. The van der Waals surface area contributed by atoms with Crippen molar-refractivity contribution in [2.75, 3.05) is 20.2 Å². The van der Waals surface area contributed by atoms with Gasteiger partial charge in [-0.3, -0.25) is 4.79 Å². The third-order valence-electron chi connectivity index (χ3n) is 5.46. The van der Waals surface area contributed by atoms with E-state index < -0.39 is 15.9 Å². The lowest BCUT2D eigenvalue weighted by atomic mass is 9.98. The number of methoxy groups -OCH3 is 1. The van der Waals surface area contributed by atoms with Crippen molar-refractivity contribution in [2.24, 2.45) is 5.92 Å². The van der Waals surface area contributed by atoms with Gasteiger partial charge in [-0.15, -0.1) is 0 Å². The van der Waals surface area contributed by atoms with Gasteiger partial charge < -0.3 is 10.1 Å². The van der Waals surface area contributed by atoms with Crippen molar-refractivity contribution < 1.29 is 17.9 Å². The number of halogens is 2. The van der Waals surface area contributed by atoms with Crippen LogP contribution in [0.2, 0.25) is 10.0 Å². The standard InChI is InChI=1S/C22H26Cl2N2O4S/c1-15(17-6-8-19(30-2)9-7-17)25-22(27)18-4-3-11-26(13-18)31(28,29)14-16-5-10-20(23)21(24)12-16/h5-10,12,15,18H,3-4,11,13-14H2,1-2H3,(H,25,27)/t15-,18-/m1/s1. The molecule has 0 radical (unpaired) electrons. The number of nitrogens with one attached hydrogen (secondary N) is 1. The maximum Gasteiger partial charge on any atom is 0.224 e. The maximum absolute atomic E-state index is 12.9. The van der Waals surface area contributed by atoms with Gasteiger partial charge in [-0.05, 0) is 55.2 Å². The average molecular weight is 485 g/mol. The number of sulfonamides is 1. The molecule has 1 N–H and O–H groups in total. The number of hydrogen-bond acceptors (Lipinski definition) is 4. The van der Waals surface area contributed by atoms with Crippen LogP contribution in [0, 0.1) is 5.92 Å². The normalized spacial score (nSPS) is 18.4. The molecule has 2 aromatic rings. The Morgan fingerprint density at radius 1 is 1.19 bits per heavy atom. The van der Waals surface area contributed by atoms with Crippen molar-refractivity contribution in [3.8, 4) is 5.75 Å². The molecule has 1 amide bonds. The molecule has 3 rings (SSSR count). The molecule has 0 bridgehead atoms. The molecule has 1 heterocycles. The SMILES string of the molecule is COc1ccc([C@@H](C)NC(=O)[C@@H]2CCCN(S(=O)(=O)Cc3ccc(Cl)c(Cl)c3)C2)cc1. The summed E-state index contributed by atoms with van der Waals surface area (Å²) >= 11 is 11.9. The fraction of sp³-hybridized carbons (Fsp3) is 0.409. The van der Waals surface area contributed by atoms with Crippen LogP contribution < -0.4 is 10.1 Å². The Hall–Kier alpha value is -1.80. The van der Waals surface area contributed by atoms with Gasteiger partial charge in [0, 0.05) is 13.1 Å². The highest BCUT2D eigenvalue weighted by atomic mass is 35.5. The molecule has 0 saturated carbocycles. The fourth-order valence-electron chi connectivity index (χ4n) is 3.65. The summed E-state index contributed by atoms with van der Waals surface area (Å²) in [5.41, 5.74) is 1.52. The van der Waals surface area contributed by atoms with Crippen molar-refractivity contribution in [1.29, 1.82) is 0 Å². The van der Waals surface area contributed by atoms with Gasteiger partial charge >= 0.3 is 0 Å². The Kier molecular flexibility index (Phi) is 7.86. The molecule has 0 unspecified atom stereocenters. The Balaban J connectivity index is 1.62. The second-order valence-electron chi connectivity index (χ2n) is 7.71. The number of rotatable bonds is 7. The van der Waals surface area contributed by atoms with Crippen LogP contribution >= 0.6 is 23.2 Å². The number of nitrogens with zero attached hydrogens (tertiary/aromatic N) is 1. The van der Waals surface area contributed by atoms with E-state index in [9.17, 15) is 13.2 Å². The monoisotopic (exact) mass is 484 g/mol. The molecule has 2 atom stereocenters. The molecule has 1 saturated heterocycles. The number of piperidine rings is 1. The molecule has 1 aliphatic rings. The molecule has 0 aliphatic carbocycles. The van der Waals surface area contributed by atoms with Crippen LogP contribution in [0.1, 0.15) is 36.9 Å². The zero-order valence-electron chi connectivity index (χ0n) is 17.5. The van der Waals surface area contributed by atoms with Crippen molar-refractivity contribution in [1.82, 2.24) is 9.62 Å². The molecular weight excluding hydrogens is 459 g/mol. The first-order valence-corrected chi connectivity index (χ1v) is 12.4. The molecule has 6 nitrogen and oxygen atoms in total. The van der Waals surface area contributed by atoms with E-state index in [1.54, 1.807) is 25.3 Å². The van der Waals surface area contributed by atoms with E-state index in [1.165, 1.54) is 4.31 Å². The zero-order valence-corrected chi connectivity index (χ0v) is 19.8. The van der Waals surface area contributed by atoms with E-state index in [2.05, 4.69) is 5.32 Å².